The van der Waals surface area contributed by atoms with Gasteiger partial charge < -0.3 is 26.0 Å². The van der Waals surface area contributed by atoms with E-state index >= 15 is 0 Å². The maximum Gasteiger partial charge on any atom is 0.315 e. The van der Waals surface area contributed by atoms with Gasteiger partial charge in [0.1, 0.15) is 0 Å². The Morgan fingerprint density at radius 1 is 1.00 bits per heavy atom. The van der Waals surface area contributed by atoms with Crippen molar-refractivity contribution >= 4 is 52.6 Å². The van der Waals surface area contributed by atoms with Gasteiger partial charge in [0.05, 0.1) is 34.3 Å². The summed E-state index contributed by atoms with van der Waals surface area (Å²) in [7, 11) is 0. The highest BCUT2D eigenvalue weighted by molar-refractivity contribution is 6.40. The van der Waals surface area contributed by atoms with Gasteiger partial charge in [0, 0.05) is 30.2 Å². The molecule has 2 aliphatic rings. The largest absolute Gasteiger partial charge is 0.394 e. The third-order valence-electron chi connectivity index (χ3n) is 7.49. The van der Waals surface area contributed by atoms with Crippen molar-refractivity contribution in [2.45, 2.75) is 37.9 Å². The van der Waals surface area contributed by atoms with Crippen LogP contribution in [-0.4, -0.2) is 53.6 Å². The standard InChI is InChI=1S/C30H29Cl3N4O4/c31-20-6-3-5-18(12-20)29(40)37-11-10-23-19(15-37)13-24(32)26(27(23)33)28(39)35-21(16-38)14-34-30(41)36-25-9-8-17-4-1-2-7-22(17)25/h1-7,12-13,21,25,38H,8-11,14-16H2,(H,35,39)(H2,34,36,41)/t21-,25+/m0/s1. The first-order chi connectivity index (χ1) is 19.7. The maximum absolute atomic E-state index is 13.2. The maximum atomic E-state index is 13.2. The molecule has 4 amide bonds. The number of hydrogen-bond donors (Lipinski definition) is 4. The molecule has 1 heterocycles. The summed E-state index contributed by atoms with van der Waals surface area (Å²) >= 11 is 19.2. The minimum atomic E-state index is -0.766. The number of carbonyl (C=O) groups is 3. The first-order valence-electron chi connectivity index (χ1n) is 13.3. The number of aliphatic hydroxyl groups is 1. The summed E-state index contributed by atoms with van der Waals surface area (Å²) in [6, 6.07) is 15.2. The summed E-state index contributed by atoms with van der Waals surface area (Å²) in [5.41, 5.74) is 4.39. The third-order valence-corrected chi connectivity index (χ3v) is 8.44. The molecule has 0 fully saturated rings. The Labute approximate surface area is 253 Å². The van der Waals surface area contributed by atoms with Gasteiger partial charge in [0.2, 0.25) is 0 Å². The molecular weight excluding hydrogens is 587 g/mol. The Morgan fingerprint density at radius 3 is 2.59 bits per heavy atom. The van der Waals surface area contributed by atoms with E-state index in [0.717, 1.165) is 29.5 Å². The average Bonchev–Trinajstić information content (AvgIpc) is 3.37. The number of hydrogen-bond acceptors (Lipinski definition) is 4. The van der Waals surface area contributed by atoms with E-state index in [1.807, 2.05) is 18.2 Å². The summed E-state index contributed by atoms with van der Waals surface area (Å²) in [5.74, 6) is -0.724. The summed E-state index contributed by atoms with van der Waals surface area (Å²) < 4.78 is 0. The molecule has 5 rings (SSSR count). The molecule has 214 valence electrons. The van der Waals surface area contributed by atoms with E-state index in [0.29, 0.717) is 23.6 Å². The summed E-state index contributed by atoms with van der Waals surface area (Å²) in [4.78, 5) is 40.4. The van der Waals surface area contributed by atoms with Crippen LogP contribution >= 0.6 is 34.8 Å². The summed E-state index contributed by atoms with van der Waals surface area (Å²) in [6.45, 7) is 0.290. The van der Waals surface area contributed by atoms with Crippen LogP contribution in [0.5, 0.6) is 0 Å². The lowest BCUT2D eigenvalue weighted by atomic mass is 9.96. The van der Waals surface area contributed by atoms with Crippen molar-refractivity contribution < 1.29 is 19.5 Å². The number of fused-ring (bicyclic) bond motifs is 2. The normalized spacial score (nSPS) is 16.4. The van der Waals surface area contributed by atoms with Gasteiger partial charge in [-0.2, -0.15) is 0 Å². The smallest absolute Gasteiger partial charge is 0.315 e. The molecule has 1 aliphatic carbocycles. The van der Waals surface area contributed by atoms with Gasteiger partial charge in [-0.25, -0.2) is 4.79 Å². The van der Waals surface area contributed by atoms with Crippen LogP contribution < -0.4 is 16.0 Å². The number of carbonyl (C=O) groups excluding carboxylic acids is 3. The fourth-order valence-corrected chi connectivity index (χ4v) is 6.34. The molecule has 0 aromatic heterocycles. The van der Waals surface area contributed by atoms with Gasteiger partial charge in [-0.3, -0.25) is 9.59 Å². The van der Waals surface area contributed by atoms with Crippen LogP contribution in [0.1, 0.15) is 55.4 Å². The fourth-order valence-electron chi connectivity index (χ4n) is 5.39. The van der Waals surface area contributed by atoms with Crippen molar-refractivity contribution in [3.63, 3.8) is 0 Å². The summed E-state index contributed by atoms with van der Waals surface area (Å²) in [5, 5.41) is 19.1. The van der Waals surface area contributed by atoms with Crippen molar-refractivity contribution in [3.05, 3.63) is 103 Å². The fraction of sp³-hybridized carbons (Fsp3) is 0.300. The SMILES string of the molecule is O=C(NC[C@@H](CO)NC(=O)c1c(Cl)cc2c(c1Cl)CCN(C(=O)c1cccc(Cl)c1)C2)N[C@@H]1CCc2ccccc21. The van der Waals surface area contributed by atoms with Crippen LogP contribution in [0.4, 0.5) is 4.79 Å². The molecule has 0 saturated carbocycles. The van der Waals surface area contributed by atoms with E-state index in [1.54, 1.807) is 35.2 Å². The van der Waals surface area contributed by atoms with E-state index in [1.165, 1.54) is 5.56 Å². The molecule has 2 atom stereocenters. The number of benzene rings is 3. The van der Waals surface area contributed by atoms with Gasteiger partial charge in [0.25, 0.3) is 11.8 Å². The molecular formula is C30H29Cl3N4O4. The first-order valence-corrected chi connectivity index (χ1v) is 14.5. The number of nitrogens with zero attached hydrogens (tertiary/aromatic N) is 1. The van der Waals surface area contributed by atoms with Gasteiger partial charge in [-0.1, -0.05) is 65.1 Å². The second-order valence-corrected chi connectivity index (χ2v) is 11.4. The van der Waals surface area contributed by atoms with Crippen LogP contribution in [0.3, 0.4) is 0 Å². The Bertz CT molecular complexity index is 1500. The molecule has 4 N–H and O–H groups in total. The lowest BCUT2D eigenvalue weighted by Gasteiger charge is -2.30. The van der Waals surface area contributed by atoms with Gasteiger partial charge >= 0.3 is 6.03 Å². The van der Waals surface area contributed by atoms with E-state index in [-0.39, 0.29) is 46.7 Å². The quantitative estimate of drug-likeness (QED) is 0.302. The lowest BCUT2D eigenvalue weighted by molar-refractivity contribution is 0.0734. The number of rotatable bonds is 7. The summed E-state index contributed by atoms with van der Waals surface area (Å²) in [6.07, 6.45) is 2.15. The molecule has 8 nitrogen and oxygen atoms in total. The minimum absolute atomic E-state index is 0.00317. The van der Waals surface area contributed by atoms with Crippen molar-refractivity contribution in [1.82, 2.24) is 20.9 Å². The average molecular weight is 616 g/mol. The zero-order chi connectivity index (χ0) is 29.1. The van der Waals surface area contributed by atoms with Crippen LogP contribution in [-0.2, 0) is 19.4 Å². The van der Waals surface area contributed by atoms with E-state index in [2.05, 4.69) is 22.0 Å². The number of nitrogens with one attached hydrogen (secondary N) is 3. The zero-order valence-corrected chi connectivity index (χ0v) is 24.3. The second kappa shape index (κ2) is 12.7. The topological polar surface area (TPSA) is 111 Å². The van der Waals surface area contributed by atoms with Crippen LogP contribution in [0.15, 0.2) is 54.6 Å². The molecule has 11 heteroatoms. The second-order valence-electron chi connectivity index (χ2n) is 10.2. The van der Waals surface area contributed by atoms with Crippen molar-refractivity contribution in [2.75, 3.05) is 19.7 Å². The highest BCUT2D eigenvalue weighted by atomic mass is 35.5. The van der Waals surface area contributed by atoms with Crippen molar-refractivity contribution in [3.8, 4) is 0 Å². The molecule has 0 radical (unpaired) electrons. The first kappa shape index (κ1) is 29.2. The number of halogens is 3. The number of aryl methyl sites for hydroxylation is 1. The van der Waals surface area contributed by atoms with E-state index < -0.39 is 18.6 Å². The monoisotopic (exact) mass is 614 g/mol. The highest BCUT2D eigenvalue weighted by Crippen LogP contribution is 2.35. The number of aliphatic hydroxyl groups excluding tert-OH is 1. The van der Waals surface area contributed by atoms with Gasteiger partial charge in [-0.15, -0.1) is 0 Å². The van der Waals surface area contributed by atoms with E-state index in [9.17, 15) is 19.5 Å². The predicted octanol–water partition coefficient (Wildman–Crippen LogP) is 4.92. The molecule has 0 bridgehead atoms. The number of urea groups is 1. The van der Waals surface area contributed by atoms with Crippen LogP contribution in [0.25, 0.3) is 0 Å². The molecule has 3 aromatic carbocycles. The van der Waals surface area contributed by atoms with E-state index in [4.69, 9.17) is 34.8 Å². The molecule has 3 aromatic rings. The Morgan fingerprint density at radius 2 is 1.80 bits per heavy atom. The highest BCUT2D eigenvalue weighted by Gasteiger charge is 2.29. The lowest BCUT2D eigenvalue weighted by Crippen LogP contribution is -2.48. The Balaban J connectivity index is 1.20. The molecule has 0 saturated heterocycles. The zero-order valence-electron chi connectivity index (χ0n) is 22.1. The molecule has 0 unspecified atom stereocenters. The predicted molar refractivity (Wildman–Crippen MR) is 159 cm³/mol. The van der Waals surface area contributed by atoms with Gasteiger partial charge in [-0.05, 0) is 65.8 Å². The van der Waals surface area contributed by atoms with Crippen LogP contribution in [0.2, 0.25) is 15.1 Å². The van der Waals surface area contributed by atoms with Crippen molar-refractivity contribution in [2.24, 2.45) is 0 Å². The van der Waals surface area contributed by atoms with Crippen molar-refractivity contribution in [1.29, 1.82) is 0 Å². The van der Waals surface area contributed by atoms with Gasteiger partial charge in [0.15, 0.2) is 0 Å². The van der Waals surface area contributed by atoms with Crippen LogP contribution in [0, 0.1) is 0 Å². The Kier molecular flexibility index (Phi) is 9.04. The third kappa shape index (κ3) is 6.46. The minimum Gasteiger partial charge on any atom is -0.394 e. The molecule has 0 spiro atoms. The molecule has 1 aliphatic heterocycles. The molecule has 41 heavy (non-hydrogen) atoms. The number of amides is 4. The Hall–Kier alpha value is -3.30.